The van der Waals surface area contributed by atoms with Crippen LogP contribution in [0.25, 0.3) is 0 Å². The van der Waals surface area contributed by atoms with Gasteiger partial charge in [0.25, 0.3) is 0 Å². The monoisotopic (exact) mass is 340 g/mol. The van der Waals surface area contributed by atoms with E-state index in [4.69, 9.17) is 0 Å². The van der Waals surface area contributed by atoms with Gasteiger partial charge in [0.15, 0.2) is 0 Å². The van der Waals surface area contributed by atoms with Crippen molar-refractivity contribution < 1.29 is 18.0 Å². The second kappa shape index (κ2) is 7.04. The number of aryl methyl sites for hydroxylation is 2. The van der Waals surface area contributed by atoms with Gasteiger partial charge in [0, 0.05) is 31.0 Å². The van der Waals surface area contributed by atoms with E-state index >= 15 is 0 Å². The number of nitrogens with one attached hydrogen (secondary N) is 1. The second-order valence-electron chi connectivity index (χ2n) is 5.71. The average molecular weight is 340 g/mol. The molecule has 2 aromatic rings. The van der Waals surface area contributed by atoms with Crippen LogP contribution in [-0.4, -0.2) is 34.2 Å². The lowest BCUT2D eigenvalue weighted by Gasteiger charge is -2.16. The number of likely N-dealkylation sites (N-methyl/N-ethyl adjacent to an activating group) is 1. The van der Waals surface area contributed by atoms with E-state index in [0.29, 0.717) is 6.54 Å². The fraction of sp³-hybridized carbons (Fsp3) is 0.375. The molecule has 24 heavy (non-hydrogen) atoms. The van der Waals surface area contributed by atoms with Crippen LogP contribution in [-0.2, 0) is 24.6 Å². The highest BCUT2D eigenvalue weighted by Crippen LogP contribution is 2.30. The number of anilines is 1. The van der Waals surface area contributed by atoms with Gasteiger partial charge in [0.2, 0.25) is 5.91 Å². The number of carbonyl (C=O) groups is 1. The lowest BCUT2D eigenvalue weighted by atomic mass is 10.2. The van der Waals surface area contributed by atoms with Crippen LogP contribution in [0.15, 0.2) is 30.5 Å². The summed E-state index contributed by atoms with van der Waals surface area (Å²) < 4.78 is 39.7. The number of amides is 1. The van der Waals surface area contributed by atoms with Crippen molar-refractivity contribution in [2.24, 2.45) is 7.05 Å². The molecular formula is C16H19F3N4O. The fourth-order valence-corrected chi connectivity index (χ4v) is 2.37. The Labute approximate surface area is 138 Å². The molecule has 130 valence electrons. The van der Waals surface area contributed by atoms with Crippen LogP contribution in [0.3, 0.4) is 0 Å². The van der Waals surface area contributed by atoms with E-state index in [1.807, 2.05) is 20.2 Å². The molecule has 1 heterocycles. The predicted octanol–water partition coefficient (Wildman–Crippen LogP) is 2.82. The van der Waals surface area contributed by atoms with Crippen LogP contribution in [0.2, 0.25) is 0 Å². The van der Waals surface area contributed by atoms with E-state index in [9.17, 15) is 18.0 Å². The van der Waals surface area contributed by atoms with E-state index < -0.39 is 11.7 Å². The molecule has 0 radical (unpaired) electrons. The average Bonchev–Trinajstić information content (AvgIpc) is 2.75. The zero-order valence-electron chi connectivity index (χ0n) is 13.7. The minimum Gasteiger partial charge on any atom is -0.325 e. The van der Waals surface area contributed by atoms with E-state index in [2.05, 4.69) is 10.4 Å². The number of halogens is 3. The van der Waals surface area contributed by atoms with Gasteiger partial charge in [-0.15, -0.1) is 0 Å². The molecule has 0 aliphatic heterocycles. The van der Waals surface area contributed by atoms with Gasteiger partial charge in [-0.1, -0.05) is 6.07 Å². The molecule has 5 nitrogen and oxygen atoms in total. The summed E-state index contributed by atoms with van der Waals surface area (Å²) in [5.74, 6) is -0.377. The minimum atomic E-state index is -4.44. The first kappa shape index (κ1) is 18.0. The Kier molecular flexibility index (Phi) is 5.28. The molecule has 1 N–H and O–H groups in total. The number of nitrogens with zero attached hydrogens (tertiary/aromatic N) is 3. The molecule has 0 saturated heterocycles. The summed E-state index contributed by atoms with van der Waals surface area (Å²) in [4.78, 5) is 13.8. The first-order chi connectivity index (χ1) is 11.1. The predicted molar refractivity (Wildman–Crippen MR) is 84.4 cm³/mol. The molecule has 0 bridgehead atoms. The van der Waals surface area contributed by atoms with Gasteiger partial charge >= 0.3 is 6.18 Å². The quantitative estimate of drug-likeness (QED) is 0.911. The Morgan fingerprint density at radius 1 is 1.38 bits per heavy atom. The summed E-state index contributed by atoms with van der Waals surface area (Å²) in [7, 11) is 3.58. The Hall–Kier alpha value is -2.35. The maximum atomic E-state index is 12.7. The number of hydrogen-bond donors (Lipinski definition) is 1. The summed E-state index contributed by atoms with van der Waals surface area (Å²) in [6.45, 7) is 2.46. The number of carbonyl (C=O) groups excluding carboxylic acids is 1. The molecule has 0 saturated carbocycles. The van der Waals surface area contributed by atoms with Gasteiger partial charge in [-0.25, -0.2) is 0 Å². The summed E-state index contributed by atoms with van der Waals surface area (Å²) in [6, 6.07) is 4.58. The van der Waals surface area contributed by atoms with Crippen molar-refractivity contribution in [3.63, 3.8) is 0 Å². The second-order valence-corrected chi connectivity index (χ2v) is 5.71. The molecular weight excluding hydrogens is 321 g/mol. The van der Waals surface area contributed by atoms with Crippen LogP contribution in [0.4, 0.5) is 18.9 Å². The Bertz CT molecular complexity index is 724. The molecule has 0 aliphatic rings. The summed E-state index contributed by atoms with van der Waals surface area (Å²) in [6.07, 6.45) is -2.56. The van der Waals surface area contributed by atoms with Gasteiger partial charge in [-0.2, -0.15) is 18.3 Å². The molecule has 1 aromatic carbocycles. The smallest absolute Gasteiger partial charge is 0.325 e. The first-order valence-corrected chi connectivity index (χ1v) is 7.30. The highest BCUT2D eigenvalue weighted by Gasteiger charge is 2.30. The molecule has 0 atom stereocenters. The Morgan fingerprint density at radius 2 is 2.08 bits per heavy atom. The summed E-state index contributed by atoms with van der Waals surface area (Å²) in [5, 5.41) is 6.72. The fourth-order valence-electron chi connectivity index (χ4n) is 2.37. The SMILES string of the molecule is Cc1nn(C)cc1CN(C)CC(=O)Nc1cccc(C(F)(F)F)c1. The standard InChI is InChI=1S/C16H19F3N4O/c1-11-12(9-23(3)21-11)8-22(2)10-15(24)20-14-6-4-5-13(7-14)16(17,18)19/h4-7,9H,8,10H2,1-3H3,(H,20,24). The Morgan fingerprint density at radius 3 is 2.67 bits per heavy atom. The van der Waals surface area contributed by atoms with Crippen molar-refractivity contribution in [1.82, 2.24) is 14.7 Å². The third-order valence-electron chi connectivity index (χ3n) is 3.44. The zero-order valence-corrected chi connectivity index (χ0v) is 13.7. The van der Waals surface area contributed by atoms with Crippen molar-refractivity contribution in [3.05, 3.63) is 47.3 Å². The van der Waals surface area contributed by atoms with Gasteiger partial charge in [0.05, 0.1) is 17.8 Å². The third kappa shape index (κ3) is 4.82. The van der Waals surface area contributed by atoms with Gasteiger partial charge in [0.1, 0.15) is 0 Å². The zero-order chi connectivity index (χ0) is 17.9. The van der Waals surface area contributed by atoms with Gasteiger partial charge < -0.3 is 5.32 Å². The highest BCUT2D eigenvalue weighted by molar-refractivity contribution is 5.92. The third-order valence-corrected chi connectivity index (χ3v) is 3.44. The van der Waals surface area contributed by atoms with Crippen LogP contribution in [0.1, 0.15) is 16.8 Å². The summed E-state index contributed by atoms with van der Waals surface area (Å²) >= 11 is 0. The van der Waals surface area contributed by atoms with E-state index in [1.54, 1.807) is 16.6 Å². The number of alkyl halides is 3. The lowest BCUT2D eigenvalue weighted by molar-refractivity contribution is -0.137. The largest absolute Gasteiger partial charge is 0.416 e. The molecule has 2 rings (SSSR count). The van der Waals surface area contributed by atoms with Crippen molar-refractivity contribution in [3.8, 4) is 0 Å². The molecule has 0 spiro atoms. The maximum Gasteiger partial charge on any atom is 0.416 e. The van der Waals surface area contributed by atoms with Crippen molar-refractivity contribution in [1.29, 1.82) is 0 Å². The van der Waals surface area contributed by atoms with Gasteiger partial charge in [-0.3, -0.25) is 14.4 Å². The van der Waals surface area contributed by atoms with E-state index in [0.717, 1.165) is 23.4 Å². The van der Waals surface area contributed by atoms with Crippen LogP contribution < -0.4 is 5.32 Å². The topological polar surface area (TPSA) is 50.2 Å². The number of benzene rings is 1. The Balaban J connectivity index is 1.94. The molecule has 0 fully saturated rings. The normalized spacial score (nSPS) is 11.8. The van der Waals surface area contributed by atoms with E-state index in [-0.39, 0.29) is 18.1 Å². The highest BCUT2D eigenvalue weighted by atomic mass is 19.4. The lowest BCUT2D eigenvalue weighted by Crippen LogP contribution is -2.30. The molecule has 8 heteroatoms. The number of aromatic nitrogens is 2. The maximum absolute atomic E-state index is 12.7. The first-order valence-electron chi connectivity index (χ1n) is 7.30. The number of hydrogen-bond acceptors (Lipinski definition) is 3. The molecule has 1 aromatic heterocycles. The number of rotatable bonds is 5. The molecule has 0 aliphatic carbocycles. The minimum absolute atomic E-state index is 0.0601. The van der Waals surface area contributed by atoms with E-state index in [1.165, 1.54) is 12.1 Å². The molecule has 1 amide bonds. The summed E-state index contributed by atoms with van der Waals surface area (Å²) in [5.41, 5.74) is 1.20. The van der Waals surface area contributed by atoms with Gasteiger partial charge in [-0.05, 0) is 32.2 Å². The molecule has 0 unspecified atom stereocenters. The van der Waals surface area contributed by atoms with Crippen LogP contribution >= 0.6 is 0 Å². The van der Waals surface area contributed by atoms with Crippen molar-refractivity contribution in [2.45, 2.75) is 19.6 Å². The van der Waals surface area contributed by atoms with Crippen molar-refractivity contribution in [2.75, 3.05) is 18.9 Å². The van der Waals surface area contributed by atoms with Crippen LogP contribution in [0, 0.1) is 6.92 Å². The van der Waals surface area contributed by atoms with Crippen molar-refractivity contribution >= 4 is 11.6 Å². The van der Waals surface area contributed by atoms with Crippen LogP contribution in [0.5, 0.6) is 0 Å².